The van der Waals surface area contributed by atoms with E-state index in [1.54, 1.807) is 6.33 Å². The highest BCUT2D eigenvalue weighted by Gasteiger charge is 2.08. The van der Waals surface area contributed by atoms with E-state index in [0.717, 1.165) is 43.7 Å². The summed E-state index contributed by atoms with van der Waals surface area (Å²) >= 11 is 0. The van der Waals surface area contributed by atoms with Crippen molar-refractivity contribution in [3.05, 3.63) is 6.33 Å². The predicted octanol–water partition coefficient (Wildman–Crippen LogP) is 1.36. The first kappa shape index (κ1) is 13.5. The van der Waals surface area contributed by atoms with Crippen LogP contribution in [-0.2, 0) is 0 Å². The van der Waals surface area contributed by atoms with E-state index >= 15 is 0 Å². The number of aromatic nitrogens is 4. The molecule has 0 aliphatic heterocycles. The molecule has 7 nitrogen and oxygen atoms in total. The molecule has 2 aromatic rings. The van der Waals surface area contributed by atoms with Gasteiger partial charge in [-0.2, -0.15) is 9.97 Å². The topological polar surface area (TPSA) is 98.8 Å². The summed E-state index contributed by atoms with van der Waals surface area (Å²) in [5.41, 5.74) is 1.48. The van der Waals surface area contributed by atoms with Gasteiger partial charge < -0.3 is 20.7 Å². The number of hydrogen-bond donors (Lipinski definition) is 4. The molecule has 19 heavy (non-hydrogen) atoms. The third kappa shape index (κ3) is 3.54. The maximum absolute atomic E-state index is 8.73. The number of aromatic amines is 1. The average molecular weight is 264 g/mol. The van der Waals surface area contributed by atoms with Gasteiger partial charge in [0.25, 0.3) is 0 Å². The Bertz CT molecular complexity index is 512. The number of imidazole rings is 1. The van der Waals surface area contributed by atoms with Crippen molar-refractivity contribution < 1.29 is 5.11 Å². The first-order chi connectivity index (χ1) is 9.35. The molecule has 0 fully saturated rings. The van der Waals surface area contributed by atoms with Gasteiger partial charge in [-0.1, -0.05) is 0 Å². The Balaban J connectivity index is 2.04. The van der Waals surface area contributed by atoms with Crippen molar-refractivity contribution in [1.82, 2.24) is 19.9 Å². The number of nitrogens with zero attached hydrogens (tertiary/aromatic N) is 3. The molecule has 0 radical (unpaired) electrons. The van der Waals surface area contributed by atoms with E-state index in [4.69, 9.17) is 5.11 Å². The number of nitrogens with one attached hydrogen (secondary N) is 3. The molecule has 0 spiro atoms. The van der Waals surface area contributed by atoms with Crippen LogP contribution in [0.15, 0.2) is 6.33 Å². The summed E-state index contributed by atoms with van der Waals surface area (Å²) in [6.45, 7) is 3.84. The summed E-state index contributed by atoms with van der Waals surface area (Å²) in [6, 6.07) is 0. The monoisotopic (exact) mass is 264 g/mol. The molecule has 0 unspecified atom stereocenters. The second-order valence-corrected chi connectivity index (χ2v) is 4.24. The quantitative estimate of drug-likeness (QED) is 0.537. The summed E-state index contributed by atoms with van der Waals surface area (Å²) < 4.78 is 0. The Morgan fingerprint density at radius 3 is 2.89 bits per heavy atom. The van der Waals surface area contributed by atoms with E-state index in [1.165, 1.54) is 0 Å². The maximum Gasteiger partial charge on any atom is 0.226 e. The normalized spacial score (nSPS) is 10.8. The Hall–Kier alpha value is -1.89. The second kappa shape index (κ2) is 6.89. The molecule has 2 heterocycles. The molecule has 0 amide bonds. The molecule has 104 valence electrons. The lowest BCUT2D eigenvalue weighted by Crippen LogP contribution is -2.08. The molecule has 0 aliphatic rings. The third-order valence-corrected chi connectivity index (χ3v) is 2.75. The van der Waals surface area contributed by atoms with Gasteiger partial charge in [0.05, 0.1) is 6.33 Å². The van der Waals surface area contributed by atoms with Crippen LogP contribution in [0.25, 0.3) is 11.2 Å². The Morgan fingerprint density at radius 2 is 2.11 bits per heavy atom. The lowest BCUT2D eigenvalue weighted by Gasteiger charge is -2.08. The number of unbranched alkanes of at least 4 members (excludes halogenated alkanes) is 2. The van der Waals surface area contributed by atoms with Crippen molar-refractivity contribution >= 4 is 22.9 Å². The fraction of sp³-hybridized carbons (Fsp3) is 0.583. The predicted molar refractivity (Wildman–Crippen MR) is 75.3 cm³/mol. The smallest absolute Gasteiger partial charge is 0.226 e. The van der Waals surface area contributed by atoms with Gasteiger partial charge in [-0.25, -0.2) is 4.98 Å². The van der Waals surface area contributed by atoms with Crippen molar-refractivity contribution in [2.75, 3.05) is 30.3 Å². The van der Waals surface area contributed by atoms with Gasteiger partial charge in [0.2, 0.25) is 5.95 Å². The van der Waals surface area contributed by atoms with Gasteiger partial charge >= 0.3 is 0 Å². The van der Waals surface area contributed by atoms with Gasteiger partial charge in [0.15, 0.2) is 11.5 Å². The van der Waals surface area contributed by atoms with Gasteiger partial charge in [0, 0.05) is 19.7 Å². The molecule has 2 aromatic heterocycles. The number of rotatable bonds is 8. The molecule has 0 atom stereocenters. The van der Waals surface area contributed by atoms with Crippen LogP contribution in [-0.4, -0.2) is 44.7 Å². The van der Waals surface area contributed by atoms with Crippen molar-refractivity contribution in [3.63, 3.8) is 0 Å². The minimum Gasteiger partial charge on any atom is -0.396 e. The SMILES string of the molecule is CCNc1nc(NCCCCCO)c2[nH]cnc2n1. The first-order valence-corrected chi connectivity index (χ1v) is 6.65. The fourth-order valence-electron chi connectivity index (χ4n) is 1.82. The van der Waals surface area contributed by atoms with Crippen molar-refractivity contribution in [1.29, 1.82) is 0 Å². The molecule has 0 aliphatic carbocycles. The first-order valence-electron chi connectivity index (χ1n) is 6.65. The molecular formula is C12H20N6O. The summed E-state index contributed by atoms with van der Waals surface area (Å²) in [7, 11) is 0. The van der Waals surface area contributed by atoms with Crippen LogP contribution < -0.4 is 10.6 Å². The van der Waals surface area contributed by atoms with Crippen LogP contribution >= 0.6 is 0 Å². The summed E-state index contributed by atoms with van der Waals surface area (Å²) in [5, 5.41) is 15.1. The van der Waals surface area contributed by atoms with Gasteiger partial charge in [0.1, 0.15) is 5.52 Å². The highest BCUT2D eigenvalue weighted by molar-refractivity contribution is 5.83. The number of hydrogen-bond acceptors (Lipinski definition) is 6. The van der Waals surface area contributed by atoms with E-state index < -0.39 is 0 Å². The molecule has 0 saturated heterocycles. The lowest BCUT2D eigenvalue weighted by atomic mass is 10.2. The average Bonchev–Trinajstić information content (AvgIpc) is 2.87. The number of aliphatic hydroxyl groups excluding tert-OH is 1. The van der Waals surface area contributed by atoms with Gasteiger partial charge in [-0.15, -0.1) is 0 Å². The van der Waals surface area contributed by atoms with Crippen LogP contribution in [0, 0.1) is 0 Å². The summed E-state index contributed by atoms with van der Waals surface area (Å²) in [5.74, 6) is 1.35. The van der Waals surface area contributed by atoms with E-state index in [1.807, 2.05) is 6.92 Å². The zero-order valence-corrected chi connectivity index (χ0v) is 11.1. The molecule has 0 saturated carbocycles. The van der Waals surface area contributed by atoms with Crippen LogP contribution in [0.3, 0.4) is 0 Å². The fourth-order valence-corrected chi connectivity index (χ4v) is 1.82. The molecule has 0 aromatic carbocycles. The van der Waals surface area contributed by atoms with Gasteiger partial charge in [-0.05, 0) is 26.2 Å². The summed E-state index contributed by atoms with van der Waals surface area (Å²) in [4.78, 5) is 15.9. The zero-order valence-electron chi connectivity index (χ0n) is 11.1. The maximum atomic E-state index is 8.73. The standard InChI is InChI=1S/C12H20N6O/c1-2-13-12-17-10(14-6-4-3-5-7-19)9-11(18-12)16-8-15-9/h8,19H,2-7H2,1H3,(H3,13,14,15,16,17,18). The Labute approximate surface area is 111 Å². The molecule has 7 heteroatoms. The van der Waals surface area contributed by atoms with Crippen LogP contribution in [0.4, 0.5) is 11.8 Å². The van der Waals surface area contributed by atoms with Gasteiger partial charge in [-0.3, -0.25) is 0 Å². The highest BCUT2D eigenvalue weighted by Crippen LogP contribution is 2.18. The van der Waals surface area contributed by atoms with E-state index in [-0.39, 0.29) is 6.61 Å². The largest absolute Gasteiger partial charge is 0.396 e. The zero-order chi connectivity index (χ0) is 13.5. The van der Waals surface area contributed by atoms with Crippen LogP contribution in [0.1, 0.15) is 26.2 Å². The van der Waals surface area contributed by atoms with Crippen LogP contribution in [0.2, 0.25) is 0 Å². The third-order valence-electron chi connectivity index (χ3n) is 2.75. The highest BCUT2D eigenvalue weighted by atomic mass is 16.2. The number of fused-ring (bicyclic) bond motifs is 1. The Morgan fingerprint density at radius 1 is 1.21 bits per heavy atom. The van der Waals surface area contributed by atoms with E-state index in [9.17, 15) is 0 Å². The number of anilines is 2. The van der Waals surface area contributed by atoms with Crippen molar-refractivity contribution in [2.45, 2.75) is 26.2 Å². The summed E-state index contributed by atoms with van der Waals surface area (Å²) in [6.07, 6.45) is 4.46. The van der Waals surface area contributed by atoms with Crippen molar-refractivity contribution in [2.24, 2.45) is 0 Å². The number of aliphatic hydroxyl groups is 1. The van der Waals surface area contributed by atoms with Crippen molar-refractivity contribution in [3.8, 4) is 0 Å². The van der Waals surface area contributed by atoms with Crippen LogP contribution in [0.5, 0.6) is 0 Å². The minimum absolute atomic E-state index is 0.253. The number of H-pyrrole nitrogens is 1. The molecular weight excluding hydrogens is 244 g/mol. The van der Waals surface area contributed by atoms with E-state index in [2.05, 4.69) is 30.6 Å². The van der Waals surface area contributed by atoms with E-state index in [0.29, 0.717) is 11.6 Å². The lowest BCUT2D eigenvalue weighted by molar-refractivity contribution is 0.283. The second-order valence-electron chi connectivity index (χ2n) is 4.24. The molecule has 4 N–H and O–H groups in total. The molecule has 0 bridgehead atoms. The minimum atomic E-state index is 0.253. The Kier molecular flexibility index (Phi) is 4.91. The molecule has 2 rings (SSSR count).